The van der Waals surface area contributed by atoms with Gasteiger partial charge in [0.2, 0.25) is 0 Å². The monoisotopic (exact) mass is 404 g/mol. The molecule has 2 aromatic carbocycles. The van der Waals surface area contributed by atoms with Crippen molar-refractivity contribution in [2.75, 3.05) is 0 Å². The lowest BCUT2D eigenvalue weighted by Gasteiger charge is -2.21. The lowest BCUT2D eigenvalue weighted by molar-refractivity contribution is 0.561. The van der Waals surface area contributed by atoms with Crippen LogP contribution in [0.2, 0.25) is 5.15 Å². The summed E-state index contributed by atoms with van der Waals surface area (Å²) in [6, 6.07) is 9.14. The van der Waals surface area contributed by atoms with Gasteiger partial charge >= 0.3 is 0 Å². The van der Waals surface area contributed by atoms with Crippen LogP contribution in [0.3, 0.4) is 0 Å². The van der Waals surface area contributed by atoms with Gasteiger partial charge in [0, 0.05) is 23.1 Å². The van der Waals surface area contributed by atoms with Crippen molar-refractivity contribution in [2.45, 2.75) is 10.8 Å². The number of aromatic amines is 1. The zero-order valence-electron chi connectivity index (χ0n) is 12.5. The second-order valence-electron chi connectivity index (χ2n) is 5.30. The molecule has 8 heteroatoms. The van der Waals surface area contributed by atoms with E-state index in [4.69, 9.17) is 34.8 Å². The van der Waals surface area contributed by atoms with Crippen LogP contribution in [0.15, 0.2) is 42.5 Å². The molecule has 130 valence electrons. The Bertz CT molecular complexity index is 905. The summed E-state index contributed by atoms with van der Waals surface area (Å²) in [7, 11) is 0. The first kappa shape index (κ1) is 18.1. The number of hydrogen-bond acceptors (Lipinski definition) is 1. The molecule has 0 radical (unpaired) electrons. The van der Waals surface area contributed by atoms with Crippen molar-refractivity contribution < 1.29 is 13.2 Å². The molecular weight excluding hydrogens is 396 g/mol. The molecule has 0 amide bonds. The standard InChI is InChI=1S/C17H10Cl3F3N2/c18-16-10(8-9-12(21)6-3-7-13(9)22)15(24-25-16)17(19,20)11-4-1-2-5-14(11)23/h1-7H,8H2,(H,24,25). The second-order valence-corrected chi connectivity index (χ2v) is 6.98. The third kappa shape index (κ3) is 3.36. The first-order chi connectivity index (χ1) is 11.8. The van der Waals surface area contributed by atoms with Crippen LogP contribution in [0.4, 0.5) is 13.2 Å². The number of H-pyrrole nitrogens is 1. The molecule has 0 bridgehead atoms. The van der Waals surface area contributed by atoms with Crippen molar-refractivity contribution in [3.8, 4) is 0 Å². The number of nitrogens with one attached hydrogen (secondary N) is 1. The van der Waals surface area contributed by atoms with Crippen LogP contribution in [-0.4, -0.2) is 10.2 Å². The predicted molar refractivity (Wildman–Crippen MR) is 91.6 cm³/mol. The SMILES string of the molecule is Fc1ccccc1C(Cl)(Cl)c1[nH]nc(Cl)c1Cc1c(F)cccc1F. The summed E-state index contributed by atoms with van der Waals surface area (Å²) < 4.78 is 40.1. The fourth-order valence-corrected chi connectivity index (χ4v) is 3.32. The summed E-state index contributed by atoms with van der Waals surface area (Å²) in [6.07, 6.45) is -0.251. The van der Waals surface area contributed by atoms with E-state index in [1.54, 1.807) is 6.07 Å². The summed E-state index contributed by atoms with van der Waals surface area (Å²) >= 11 is 18.8. The highest BCUT2D eigenvalue weighted by Crippen LogP contribution is 2.44. The third-order valence-electron chi connectivity index (χ3n) is 3.76. The fourth-order valence-electron chi connectivity index (χ4n) is 2.49. The van der Waals surface area contributed by atoms with Gasteiger partial charge in [-0.3, -0.25) is 5.10 Å². The van der Waals surface area contributed by atoms with Crippen molar-refractivity contribution in [3.05, 3.63) is 87.5 Å². The van der Waals surface area contributed by atoms with Crippen LogP contribution in [0.25, 0.3) is 0 Å². The van der Waals surface area contributed by atoms with Crippen LogP contribution in [0.1, 0.15) is 22.4 Å². The molecule has 2 nitrogen and oxygen atoms in total. The van der Waals surface area contributed by atoms with Crippen LogP contribution in [0.5, 0.6) is 0 Å². The molecule has 0 aliphatic heterocycles. The van der Waals surface area contributed by atoms with Crippen LogP contribution in [-0.2, 0) is 10.8 Å². The van der Waals surface area contributed by atoms with Crippen molar-refractivity contribution >= 4 is 34.8 Å². The minimum Gasteiger partial charge on any atom is -0.277 e. The molecule has 0 unspecified atom stereocenters. The van der Waals surface area contributed by atoms with E-state index in [9.17, 15) is 13.2 Å². The van der Waals surface area contributed by atoms with Gasteiger partial charge in [0.25, 0.3) is 0 Å². The maximum atomic E-state index is 14.1. The fraction of sp³-hybridized carbons (Fsp3) is 0.118. The number of hydrogen-bond donors (Lipinski definition) is 1. The summed E-state index contributed by atoms with van der Waals surface area (Å²) in [5, 5.41) is 6.28. The highest BCUT2D eigenvalue weighted by Gasteiger charge is 2.37. The average Bonchev–Trinajstić information content (AvgIpc) is 2.93. The molecular formula is C17H10Cl3F3N2. The first-order valence-corrected chi connectivity index (χ1v) is 8.24. The Kier molecular flexibility index (Phi) is 5.00. The van der Waals surface area contributed by atoms with Gasteiger partial charge in [-0.1, -0.05) is 59.1 Å². The zero-order valence-corrected chi connectivity index (χ0v) is 14.7. The molecule has 0 aliphatic carbocycles. The Hall–Kier alpha value is -1.69. The molecule has 1 N–H and O–H groups in total. The third-order valence-corrected chi connectivity index (χ3v) is 4.86. The van der Waals surface area contributed by atoms with Crippen LogP contribution >= 0.6 is 34.8 Å². The number of halogens is 6. The summed E-state index contributed by atoms with van der Waals surface area (Å²) in [4.78, 5) is 0. The largest absolute Gasteiger partial charge is 0.277 e. The van der Waals surface area contributed by atoms with Gasteiger partial charge in [0.1, 0.15) is 17.5 Å². The molecule has 1 aromatic heterocycles. The Labute approximate surface area is 156 Å². The lowest BCUT2D eigenvalue weighted by atomic mass is 9.99. The van der Waals surface area contributed by atoms with Crippen LogP contribution in [0, 0.1) is 17.5 Å². The van der Waals surface area contributed by atoms with Crippen molar-refractivity contribution in [1.82, 2.24) is 10.2 Å². The molecule has 0 fully saturated rings. The van der Waals surface area contributed by atoms with Crippen LogP contribution < -0.4 is 0 Å². The Morgan fingerprint density at radius 3 is 2.12 bits per heavy atom. The van der Waals surface area contributed by atoms with Gasteiger partial charge in [0.05, 0.1) is 5.69 Å². The average molecular weight is 406 g/mol. The summed E-state index contributed by atoms with van der Waals surface area (Å²) in [6.45, 7) is 0. The van der Waals surface area contributed by atoms with E-state index < -0.39 is 21.8 Å². The molecule has 0 atom stereocenters. The summed E-state index contributed by atoms with van der Waals surface area (Å²) in [5.74, 6) is -2.13. The number of rotatable bonds is 4. The molecule has 0 spiro atoms. The molecule has 3 aromatic rings. The number of alkyl halides is 2. The number of aromatic nitrogens is 2. The Balaban J connectivity index is 2.10. The Morgan fingerprint density at radius 2 is 1.48 bits per heavy atom. The van der Waals surface area contributed by atoms with E-state index in [1.807, 2.05) is 0 Å². The van der Waals surface area contributed by atoms with E-state index in [1.165, 1.54) is 24.3 Å². The van der Waals surface area contributed by atoms with Gasteiger partial charge < -0.3 is 0 Å². The molecule has 0 saturated carbocycles. The second kappa shape index (κ2) is 6.90. The minimum atomic E-state index is -1.87. The van der Waals surface area contributed by atoms with E-state index in [2.05, 4.69) is 10.2 Å². The Morgan fingerprint density at radius 1 is 0.880 bits per heavy atom. The van der Waals surface area contributed by atoms with Gasteiger partial charge in [-0.25, -0.2) is 13.2 Å². The van der Waals surface area contributed by atoms with Crippen molar-refractivity contribution in [1.29, 1.82) is 0 Å². The molecule has 0 saturated heterocycles. The topological polar surface area (TPSA) is 28.7 Å². The van der Waals surface area contributed by atoms with Crippen molar-refractivity contribution in [3.63, 3.8) is 0 Å². The summed E-state index contributed by atoms with van der Waals surface area (Å²) in [5.41, 5.74) is -0.0221. The van der Waals surface area contributed by atoms with Crippen molar-refractivity contribution in [2.24, 2.45) is 0 Å². The van der Waals surface area contributed by atoms with Gasteiger partial charge in [-0.05, 0) is 18.2 Å². The number of benzene rings is 2. The molecule has 25 heavy (non-hydrogen) atoms. The van der Waals surface area contributed by atoms with Gasteiger partial charge in [-0.15, -0.1) is 0 Å². The van der Waals surface area contributed by atoms with E-state index in [0.29, 0.717) is 0 Å². The highest BCUT2D eigenvalue weighted by molar-refractivity contribution is 6.50. The smallest absolute Gasteiger partial charge is 0.187 e. The predicted octanol–water partition coefficient (Wildman–Crippen LogP) is 5.75. The van der Waals surface area contributed by atoms with E-state index in [-0.39, 0.29) is 34.0 Å². The maximum Gasteiger partial charge on any atom is 0.187 e. The molecule has 3 rings (SSSR count). The molecule has 1 heterocycles. The minimum absolute atomic E-state index is 0.0334. The lowest BCUT2D eigenvalue weighted by Crippen LogP contribution is -2.17. The maximum absolute atomic E-state index is 14.1. The van der Waals surface area contributed by atoms with E-state index in [0.717, 1.165) is 12.1 Å². The zero-order chi connectivity index (χ0) is 18.2. The van der Waals surface area contributed by atoms with Gasteiger partial charge in [0.15, 0.2) is 9.49 Å². The first-order valence-electron chi connectivity index (χ1n) is 7.11. The quantitative estimate of drug-likeness (QED) is 0.550. The molecule has 0 aliphatic rings. The van der Waals surface area contributed by atoms with Gasteiger partial charge in [-0.2, -0.15) is 5.10 Å². The van der Waals surface area contributed by atoms with E-state index >= 15 is 0 Å². The normalized spacial score (nSPS) is 11.8. The number of nitrogens with zero attached hydrogens (tertiary/aromatic N) is 1. The highest BCUT2D eigenvalue weighted by atomic mass is 35.5.